The Morgan fingerprint density at radius 2 is 1.79 bits per heavy atom. The third-order valence-corrected chi connectivity index (χ3v) is 6.10. The van der Waals surface area contributed by atoms with E-state index in [9.17, 15) is 22.8 Å². The smallest absolute Gasteiger partial charge is 0.326 e. The number of rotatable bonds is 7. The van der Waals surface area contributed by atoms with Crippen molar-refractivity contribution in [3.8, 4) is 0 Å². The fourth-order valence-corrected chi connectivity index (χ4v) is 4.56. The number of alkyl halides is 3. The first-order chi connectivity index (χ1) is 15.6. The van der Waals surface area contributed by atoms with Gasteiger partial charge in [-0.05, 0) is 42.7 Å². The van der Waals surface area contributed by atoms with E-state index in [1.807, 2.05) is 43.3 Å². The molecule has 0 unspecified atom stereocenters. The van der Waals surface area contributed by atoms with Crippen molar-refractivity contribution < 1.29 is 22.8 Å². The molecule has 172 valence electrons. The molecule has 0 bridgehead atoms. The molecule has 0 saturated carbocycles. The number of carbonyl (C=O) groups excluding carboxylic acids is 2. The van der Waals surface area contributed by atoms with Crippen molar-refractivity contribution in [3.63, 3.8) is 0 Å². The van der Waals surface area contributed by atoms with Gasteiger partial charge in [-0.15, -0.1) is 0 Å². The molecule has 3 rings (SSSR count). The van der Waals surface area contributed by atoms with Crippen LogP contribution in [0.3, 0.4) is 0 Å². The van der Waals surface area contributed by atoms with Crippen LogP contribution in [-0.4, -0.2) is 27.6 Å². The summed E-state index contributed by atoms with van der Waals surface area (Å²) in [7, 11) is 0. The zero-order valence-corrected chi connectivity index (χ0v) is 19.3. The van der Waals surface area contributed by atoms with Crippen molar-refractivity contribution in [1.82, 2.24) is 4.90 Å². The largest absolute Gasteiger partial charge is 0.418 e. The van der Waals surface area contributed by atoms with E-state index in [4.69, 9.17) is 12.2 Å². The number of para-hydroxylation sites is 1. The number of benzene rings is 2. The van der Waals surface area contributed by atoms with Crippen LogP contribution in [0.5, 0.6) is 0 Å². The molecule has 1 aliphatic rings. The maximum Gasteiger partial charge on any atom is 0.418 e. The van der Waals surface area contributed by atoms with E-state index >= 15 is 0 Å². The summed E-state index contributed by atoms with van der Waals surface area (Å²) >= 11 is 6.49. The predicted molar refractivity (Wildman–Crippen MR) is 129 cm³/mol. The Hall–Kier alpha value is -2.91. The number of anilines is 1. The van der Waals surface area contributed by atoms with Gasteiger partial charge in [0.05, 0.1) is 16.2 Å². The van der Waals surface area contributed by atoms with Crippen LogP contribution < -0.4 is 5.32 Å². The molecule has 1 saturated heterocycles. The van der Waals surface area contributed by atoms with Crippen LogP contribution in [0.2, 0.25) is 0 Å². The van der Waals surface area contributed by atoms with Crippen molar-refractivity contribution in [2.45, 2.75) is 25.9 Å². The minimum Gasteiger partial charge on any atom is -0.326 e. The van der Waals surface area contributed by atoms with Gasteiger partial charge in [0.2, 0.25) is 5.91 Å². The van der Waals surface area contributed by atoms with Crippen LogP contribution in [0.4, 0.5) is 18.9 Å². The Balaban J connectivity index is 1.56. The Kier molecular flexibility index (Phi) is 8.10. The van der Waals surface area contributed by atoms with Crippen molar-refractivity contribution in [2.75, 3.05) is 11.9 Å². The number of amides is 2. The van der Waals surface area contributed by atoms with Gasteiger partial charge in [0.25, 0.3) is 5.91 Å². The highest BCUT2D eigenvalue weighted by Gasteiger charge is 2.34. The van der Waals surface area contributed by atoms with E-state index in [-0.39, 0.29) is 31.0 Å². The van der Waals surface area contributed by atoms with E-state index in [0.717, 1.165) is 17.2 Å². The number of halogens is 3. The Morgan fingerprint density at radius 1 is 1.12 bits per heavy atom. The first-order valence-corrected chi connectivity index (χ1v) is 11.3. The van der Waals surface area contributed by atoms with E-state index < -0.39 is 17.6 Å². The lowest BCUT2D eigenvalue weighted by Gasteiger charge is -2.15. The highest BCUT2D eigenvalue weighted by Crippen LogP contribution is 2.35. The van der Waals surface area contributed by atoms with Crippen LogP contribution in [0.15, 0.2) is 71.2 Å². The number of nitrogens with one attached hydrogen (secondary N) is 1. The lowest BCUT2D eigenvalue weighted by Crippen LogP contribution is -2.29. The van der Waals surface area contributed by atoms with Crippen molar-refractivity contribution in [1.29, 1.82) is 0 Å². The van der Waals surface area contributed by atoms with Crippen LogP contribution in [-0.2, 0) is 15.8 Å². The molecule has 1 aliphatic heterocycles. The molecule has 0 radical (unpaired) electrons. The summed E-state index contributed by atoms with van der Waals surface area (Å²) < 4.78 is 39.6. The first kappa shape index (κ1) is 24.7. The molecular weight excluding hydrogens is 469 g/mol. The lowest BCUT2D eigenvalue weighted by atomic mass is 10.1. The predicted octanol–water partition coefficient (Wildman–Crippen LogP) is 6.27. The molecule has 0 atom stereocenters. The fraction of sp³-hybridized carbons (Fsp3) is 0.208. The number of hydrogen-bond acceptors (Lipinski definition) is 4. The number of allylic oxidation sites excluding steroid dienone is 2. The summed E-state index contributed by atoms with van der Waals surface area (Å²) in [5.74, 6) is -0.803. The van der Waals surface area contributed by atoms with Gasteiger partial charge < -0.3 is 5.32 Å². The molecule has 9 heteroatoms. The maximum atomic E-state index is 13.1. The summed E-state index contributed by atoms with van der Waals surface area (Å²) in [6, 6.07) is 14.5. The monoisotopic (exact) mass is 490 g/mol. The highest BCUT2D eigenvalue weighted by atomic mass is 32.2. The molecule has 1 N–H and O–H groups in total. The third-order valence-electron chi connectivity index (χ3n) is 4.72. The number of hydrogen-bond donors (Lipinski definition) is 1. The van der Waals surface area contributed by atoms with Crippen LogP contribution >= 0.6 is 24.0 Å². The van der Waals surface area contributed by atoms with Gasteiger partial charge in [0, 0.05) is 13.0 Å². The Morgan fingerprint density at radius 3 is 2.48 bits per heavy atom. The summed E-state index contributed by atoms with van der Waals surface area (Å²) in [5.41, 5.74) is 0.716. The summed E-state index contributed by atoms with van der Waals surface area (Å²) in [6.07, 6.45) is -0.623. The van der Waals surface area contributed by atoms with Gasteiger partial charge in [-0.2, -0.15) is 13.2 Å². The molecule has 1 fully saturated rings. The zero-order valence-electron chi connectivity index (χ0n) is 17.7. The fourth-order valence-electron chi connectivity index (χ4n) is 3.20. The summed E-state index contributed by atoms with van der Waals surface area (Å²) in [6.45, 7) is 2.10. The maximum absolute atomic E-state index is 13.1. The van der Waals surface area contributed by atoms with Crippen LogP contribution in [0.1, 0.15) is 30.9 Å². The van der Waals surface area contributed by atoms with Crippen molar-refractivity contribution in [2.24, 2.45) is 0 Å². The van der Waals surface area contributed by atoms with E-state index in [1.165, 1.54) is 34.9 Å². The second-order valence-electron chi connectivity index (χ2n) is 7.33. The number of nitrogens with zero attached hydrogens (tertiary/aromatic N) is 1. The molecule has 2 aromatic carbocycles. The molecule has 1 heterocycles. The van der Waals surface area contributed by atoms with Crippen LogP contribution in [0, 0.1) is 0 Å². The molecule has 0 aliphatic carbocycles. The quantitative estimate of drug-likeness (QED) is 0.367. The molecule has 2 amide bonds. The normalized spacial score (nSPS) is 15.9. The minimum atomic E-state index is -4.56. The molecule has 4 nitrogen and oxygen atoms in total. The number of thioether (sulfide) groups is 1. The average Bonchev–Trinajstić information content (AvgIpc) is 3.01. The molecule has 33 heavy (non-hydrogen) atoms. The standard InChI is InChI=1S/C24H21F3N2O2S2/c1-16(14-17-8-3-2-4-9-17)15-20-22(31)29(23(32)33-20)13-7-12-21(30)28-19-11-6-5-10-18(19)24(25,26)27/h2-6,8-11,14-15H,7,12-13H2,1H3,(H,28,30)/b16-14+,20-15-. The minimum absolute atomic E-state index is 0.0464. The molecule has 0 aromatic heterocycles. The number of thiocarbonyl (C=S) groups is 1. The average molecular weight is 491 g/mol. The van der Waals surface area contributed by atoms with E-state index in [0.29, 0.717) is 9.23 Å². The highest BCUT2D eigenvalue weighted by molar-refractivity contribution is 8.26. The van der Waals surface area contributed by atoms with E-state index in [1.54, 1.807) is 6.08 Å². The Labute approximate surface area is 199 Å². The molecule has 2 aromatic rings. The summed E-state index contributed by atoms with van der Waals surface area (Å²) in [5, 5.41) is 2.30. The van der Waals surface area contributed by atoms with Gasteiger partial charge in [-0.1, -0.05) is 72.5 Å². The zero-order chi connectivity index (χ0) is 24.0. The third kappa shape index (κ3) is 6.79. The number of carbonyl (C=O) groups is 2. The van der Waals surface area contributed by atoms with Gasteiger partial charge in [0.15, 0.2) is 0 Å². The second kappa shape index (κ2) is 10.8. The van der Waals surface area contributed by atoms with Crippen molar-refractivity contribution in [3.05, 3.63) is 82.3 Å². The van der Waals surface area contributed by atoms with E-state index in [2.05, 4.69) is 5.32 Å². The summed E-state index contributed by atoms with van der Waals surface area (Å²) in [4.78, 5) is 26.8. The topological polar surface area (TPSA) is 49.4 Å². The van der Waals surface area contributed by atoms with Gasteiger partial charge in [-0.3, -0.25) is 14.5 Å². The van der Waals surface area contributed by atoms with Gasteiger partial charge >= 0.3 is 6.18 Å². The van der Waals surface area contributed by atoms with Crippen molar-refractivity contribution >= 4 is 51.9 Å². The lowest BCUT2D eigenvalue weighted by molar-refractivity contribution is -0.137. The molecule has 0 spiro atoms. The van der Waals surface area contributed by atoms with Gasteiger partial charge in [0.1, 0.15) is 4.32 Å². The van der Waals surface area contributed by atoms with Crippen LogP contribution in [0.25, 0.3) is 6.08 Å². The molecular formula is C24H21F3N2O2S2. The SMILES string of the molecule is CC(/C=C1\SC(=S)N(CCCC(=O)Nc2ccccc2C(F)(F)F)C1=O)=C\c1ccccc1. The first-order valence-electron chi connectivity index (χ1n) is 10.1. The second-order valence-corrected chi connectivity index (χ2v) is 9.00. The van der Waals surface area contributed by atoms with Gasteiger partial charge in [-0.25, -0.2) is 0 Å². The Bertz CT molecular complexity index is 1110.